The van der Waals surface area contributed by atoms with Crippen LogP contribution in [-0.2, 0) is 26.9 Å². The molecular weight excluding hydrogens is 423 g/mol. The molecule has 1 aliphatic heterocycles. The van der Waals surface area contributed by atoms with Gasteiger partial charge in [-0.2, -0.15) is 13.2 Å². The SMILES string of the molecule is CCOC(=O)CCCCCCN1C(=O)CC[C@@H]1C=CC(O)Cc1cccc(C(F)(F)F)c1. The first-order chi connectivity index (χ1) is 15.2. The van der Waals surface area contributed by atoms with Crippen molar-refractivity contribution in [1.29, 1.82) is 0 Å². The summed E-state index contributed by atoms with van der Waals surface area (Å²) in [6, 6.07) is 4.83. The largest absolute Gasteiger partial charge is 0.466 e. The van der Waals surface area contributed by atoms with Crippen LogP contribution in [0.25, 0.3) is 0 Å². The standard InChI is InChI=1S/C24H32F3NO4/c1-2-32-23(31)10-5-3-4-6-15-28-20(12-14-22(28)30)11-13-21(29)17-18-8-7-9-19(16-18)24(25,26)27/h7-9,11,13,16,20-21,29H,2-6,10,12,14-15,17H2,1H3/t20-,21?/m0/s1. The topological polar surface area (TPSA) is 66.8 Å². The Morgan fingerprint density at radius 2 is 2.03 bits per heavy atom. The number of carbonyl (C=O) groups is 2. The lowest BCUT2D eigenvalue weighted by Gasteiger charge is -2.22. The lowest BCUT2D eigenvalue weighted by atomic mass is 10.0. The van der Waals surface area contributed by atoms with E-state index in [4.69, 9.17) is 4.74 Å². The van der Waals surface area contributed by atoms with Crippen LogP contribution in [0.3, 0.4) is 0 Å². The maximum absolute atomic E-state index is 12.8. The number of aliphatic hydroxyl groups excluding tert-OH is 1. The molecule has 0 spiro atoms. The Hall–Kier alpha value is -2.35. The number of amides is 1. The minimum absolute atomic E-state index is 0.0681. The molecular formula is C24H32F3NO4. The lowest BCUT2D eigenvalue weighted by Crippen LogP contribution is -2.32. The van der Waals surface area contributed by atoms with Crippen LogP contribution in [0.5, 0.6) is 0 Å². The van der Waals surface area contributed by atoms with Crippen molar-refractivity contribution in [3.05, 3.63) is 47.5 Å². The Morgan fingerprint density at radius 3 is 2.75 bits per heavy atom. The number of nitrogens with zero attached hydrogens (tertiary/aromatic N) is 1. The third-order valence-electron chi connectivity index (χ3n) is 5.46. The zero-order valence-corrected chi connectivity index (χ0v) is 18.4. The molecule has 2 rings (SSSR count). The number of esters is 1. The number of hydrogen-bond donors (Lipinski definition) is 1. The van der Waals surface area contributed by atoms with Gasteiger partial charge in [0, 0.05) is 25.8 Å². The fraction of sp³-hybridized carbons (Fsp3) is 0.583. The summed E-state index contributed by atoms with van der Waals surface area (Å²) in [6.07, 6.45) is 2.96. The molecule has 0 bridgehead atoms. The molecule has 2 atom stereocenters. The van der Waals surface area contributed by atoms with E-state index in [1.54, 1.807) is 30.0 Å². The van der Waals surface area contributed by atoms with E-state index in [0.717, 1.165) is 37.8 Å². The van der Waals surface area contributed by atoms with Crippen molar-refractivity contribution in [3.8, 4) is 0 Å². The maximum atomic E-state index is 12.8. The Kier molecular flexibility index (Phi) is 10.2. The highest BCUT2D eigenvalue weighted by atomic mass is 19.4. The van der Waals surface area contributed by atoms with Gasteiger partial charge in [-0.25, -0.2) is 0 Å². The summed E-state index contributed by atoms with van der Waals surface area (Å²) in [5.74, 6) is -0.116. The third-order valence-corrected chi connectivity index (χ3v) is 5.46. The minimum atomic E-state index is -4.42. The summed E-state index contributed by atoms with van der Waals surface area (Å²) < 4.78 is 43.4. The van der Waals surface area contributed by atoms with E-state index in [9.17, 15) is 27.9 Å². The van der Waals surface area contributed by atoms with E-state index >= 15 is 0 Å². The molecule has 178 valence electrons. The van der Waals surface area contributed by atoms with Gasteiger partial charge in [0.15, 0.2) is 0 Å². The lowest BCUT2D eigenvalue weighted by molar-refractivity contribution is -0.143. The summed E-state index contributed by atoms with van der Waals surface area (Å²) in [5.41, 5.74) is -0.333. The van der Waals surface area contributed by atoms with Gasteiger partial charge >= 0.3 is 12.1 Å². The van der Waals surface area contributed by atoms with Gasteiger partial charge in [-0.3, -0.25) is 9.59 Å². The number of unbranched alkanes of at least 4 members (excludes halogenated alkanes) is 3. The van der Waals surface area contributed by atoms with Gasteiger partial charge < -0.3 is 14.7 Å². The van der Waals surface area contributed by atoms with Gasteiger partial charge in [-0.1, -0.05) is 43.2 Å². The molecule has 1 aliphatic rings. The Labute approximate surface area is 187 Å². The number of halogens is 3. The summed E-state index contributed by atoms with van der Waals surface area (Å²) in [4.78, 5) is 25.3. The highest BCUT2D eigenvalue weighted by molar-refractivity contribution is 5.79. The normalized spacial score (nSPS) is 17.8. The van der Waals surface area contributed by atoms with Crippen molar-refractivity contribution in [1.82, 2.24) is 4.90 Å². The van der Waals surface area contributed by atoms with Crippen LogP contribution < -0.4 is 0 Å². The molecule has 1 amide bonds. The van der Waals surface area contributed by atoms with E-state index in [1.165, 1.54) is 6.07 Å². The molecule has 0 aromatic heterocycles. The van der Waals surface area contributed by atoms with Crippen LogP contribution in [-0.4, -0.2) is 47.2 Å². The molecule has 1 fully saturated rings. The molecule has 5 nitrogen and oxygen atoms in total. The van der Waals surface area contributed by atoms with Crippen LogP contribution >= 0.6 is 0 Å². The Morgan fingerprint density at radius 1 is 1.28 bits per heavy atom. The molecule has 1 N–H and O–H groups in total. The fourth-order valence-corrected chi connectivity index (χ4v) is 3.83. The predicted octanol–water partition coefficient (Wildman–Crippen LogP) is 4.67. The number of hydrogen-bond acceptors (Lipinski definition) is 4. The summed E-state index contributed by atoms with van der Waals surface area (Å²) in [7, 11) is 0. The number of benzene rings is 1. The van der Waals surface area contributed by atoms with Gasteiger partial charge in [0.2, 0.25) is 5.91 Å². The van der Waals surface area contributed by atoms with E-state index in [1.807, 2.05) is 0 Å². The van der Waals surface area contributed by atoms with E-state index in [2.05, 4.69) is 0 Å². The second-order valence-corrected chi connectivity index (χ2v) is 8.02. The number of carbonyl (C=O) groups excluding carboxylic acids is 2. The highest BCUT2D eigenvalue weighted by Gasteiger charge is 2.30. The molecule has 1 aromatic rings. The predicted molar refractivity (Wildman–Crippen MR) is 115 cm³/mol. The van der Waals surface area contributed by atoms with E-state index in [-0.39, 0.29) is 24.3 Å². The molecule has 1 aromatic carbocycles. The third kappa shape index (κ3) is 8.65. The van der Waals surface area contributed by atoms with Gasteiger partial charge in [0.25, 0.3) is 0 Å². The van der Waals surface area contributed by atoms with Gasteiger partial charge in [0.1, 0.15) is 0 Å². The van der Waals surface area contributed by atoms with Crippen molar-refractivity contribution < 1.29 is 32.6 Å². The van der Waals surface area contributed by atoms with Crippen molar-refractivity contribution >= 4 is 11.9 Å². The summed E-state index contributed by atoms with van der Waals surface area (Å²) in [6.45, 7) is 2.77. The first-order valence-corrected chi connectivity index (χ1v) is 11.2. The highest BCUT2D eigenvalue weighted by Crippen LogP contribution is 2.30. The van der Waals surface area contributed by atoms with Crippen LogP contribution in [0.4, 0.5) is 13.2 Å². The van der Waals surface area contributed by atoms with Gasteiger partial charge in [-0.05, 0) is 37.8 Å². The number of alkyl halides is 3. The molecule has 1 heterocycles. The number of ether oxygens (including phenoxy) is 1. The zero-order chi connectivity index (χ0) is 23.6. The van der Waals surface area contributed by atoms with Crippen molar-refractivity contribution in [2.24, 2.45) is 0 Å². The molecule has 0 radical (unpaired) electrons. The quantitative estimate of drug-likeness (QED) is 0.283. The molecule has 0 aliphatic carbocycles. The number of likely N-dealkylation sites (tertiary alicyclic amines) is 1. The molecule has 1 unspecified atom stereocenters. The monoisotopic (exact) mass is 455 g/mol. The summed E-state index contributed by atoms with van der Waals surface area (Å²) >= 11 is 0. The number of rotatable bonds is 12. The van der Waals surface area contributed by atoms with Crippen LogP contribution in [0.15, 0.2) is 36.4 Å². The minimum Gasteiger partial charge on any atom is -0.466 e. The molecule has 0 saturated carbocycles. The molecule has 1 saturated heterocycles. The van der Waals surface area contributed by atoms with Crippen molar-refractivity contribution in [2.45, 2.75) is 76.6 Å². The second-order valence-electron chi connectivity index (χ2n) is 8.02. The van der Waals surface area contributed by atoms with Crippen molar-refractivity contribution in [2.75, 3.05) is 13.2 Å². The number of aliphatic hydroxyl groups is 1. The van der Waals surface area contributed by atoms with Crippen LogP contribution in [0.1, 0.15) is 63.0 Å². The van der Waals surface area contributed by atoms with Crippen LogP contribution in [0.2, 0.25) is 0 Å². The zero-order valence-electron chi connectivity index (χ0n) is 18.4. The first-order valence-electron chi connectivity index (χ1n) is 11.2. The van der Waals surface area contributed by atoms with Crippen molar-refractivity contribution in [3.63, 3.8) is 0 Å². The van der Waals surface area contributed by atoms with E-state index < -0.39 is 17.8 Å². The van der Waals surface area contributed by atoms with E-state index in [0.29, 0.717) is 38.0 Å². The smallest absolute Gasteiger partial charge is 0.416 e. The average Bonchev–Trinajstić information content (AvgIpc) is 3.08. The van der Waals surface area contributed by atoms with Gasteiger partial charge in [-0.15, -0.1) is 0 Å². The Bertz CT molecular complexity index is 779. The Balaban J connectivity index is 1.78. The maximum Gasteiger partial charge on any atom is 0.416 e. The fourth-order valence-electron chi connectivity index (χ4n) is 3.83. The summed E-state index contributed by atoms with van der Waals surface area (Å²) in [5, 5.41) is 10.3. The molecule has 32 heavy (non-hydrogen) atoms. The van der Waals surface area contributed by atoms with Crippen LogP contribution in [0, 0.1) is 0 Å². The van der Waals surface area contributed by atoms with Gasteiger partial charge in [0.05, 0.1) is 24.3 Å². The first kappa shape index (κ1) is 25.9. The molecule has 8 heteroatoms. The average molecular weight is 456 g/mol. The second kappa shape index (κ2) is 12.6.